The first-order chi connectivity index (χ1) is 9.91. The summed E-state index contributed by atoms with van der Waals surface area (Å²) in [5.41, 5.74) is -1.13. The average molecular weight is 291 g/mol. The standard InChI is InChI=1S/C11H9N5O5/c1-14-10(9(6-12-14)16(20)21)11(17)13-7-4-2-3-5-8(7)15(18)19/h2-6H,1H3,(H,13,17). The van der Waals surface area contributed by atoms with Gasteiger partial charge in [-0.2, -0.15) is 5.10 Å². The van der Waals surface area contributed by atoms with Gasteiger partial charge in [0.2, 0.25) is 5.69 Å². The molecule has 1 amide bonds. The van der Waals surface area contributed by atoms with E-state index in [2.05, 4.69) is 10.4 Å². The topological polar surface area (TPSA) is 133 Å². The number of nitro benzene ring substituents is 1. The summed E-state index contributed by atoms with van der Waals surface area (Å²) in [5, 5.41) is 27.6. The number of para-hydroxylation sites is 2. The lowest BCUT2D eigenvalue weighted by Crippen LogP contribution is -2.18. The summed E-state index contributed by atoms with van der Waals surface area (Å²) >= 11 is 0. The molecule has 0 bridgehead atoms. The second-order valence-corrected chi connectivity index (χ2v) is 3.99. The van der Waals surface area contributed by atoms with Crippen LogP contribution in [0.4, 0.5) is 17.1 Å². The lowest BCUT2D eigenvalue weighted by molar-refractivity contribution is -0.385. The summed E-state index contributed by atoms with van der Waals surface area (Å²) in [7, 11) is 1.36. The quantitative estimate of drug-likeness (QED) is 0.670. The number of hydrogen-bond acceptors (Lipinski definition) is 6. The summed E-state index contributed by atoms with van der Waals surface area (Å²) < 4.78 is 1.03. The van der Waals surface area contributed by atoms with Gasteiger partial charge in [-0.25, -0.2) is 0 Å². The summed E-state index contributed by atoms with van der Waals surface area (Å²) in [6.45, 7) is 0. The number of nitrogens with one attached hydrogen (secondary N) is 1. The summed E-state index contributed by atoms with van der Waals surface area (Å²) in [4.78, 5) is 32.4. The fraction of sp³-hybridized carbons (Fsp3) is 0.0909. The largest absolute Gasteiger partial charge is 0.320 e. The van der Waals surface area contributed by atoms with Crippen molar-refractivity contribution in [1.29, 1.82) is 0 Å². The van der Waals surface area contributed by atoms with Crippen LogP contribution in [0.15, 0.2) is 30.5 Å². The zero-order valence-corrected chi connectivity index (χ0v) is 10.7. The van der Waals surface area contributed by atoms with Gasteiger partial charge in [0.15, 0.2) is 0 Å². The molecule has 0 fully saturated rings. The van der Waals surface area contributed by atoms with Crippen LogP contribution >= 0.6 is 0 Å². The van der Waals surface area contributed by atoms with E-state index in [0.29, 0.717) is 0 Å². The number of rotatable bonds is 4. The van der Waals surface area contributed by atoms with Gasteiger partial charge in [0, 0.05) is 13.1 Å². The molecule has 0 unspecified atom stereocenters. The van der Waals surface area contributed by atoms with Crippen molar-refractivity contribution in [2.24, 2.45) is 7.05 Å². The Labute approximate surface area is 117 Å². The minimum absolute atomic E-state index is 0.0528. The van der Waals surface area contributed by atoms with Crippen LogP contribution in [0.25, 0.3) is 0 Å². The normalized spacial score (nSPS) is 10.1. The van der Waals surface area contributed by atoms with Gasteiger partial charge in [0.05, 0.1) is 9.85 Å². The van der Waals surface area contributed by atoms with E-state index >= 15 is 0 Å². The van der Waals surface area contributed by atoms with Crippen LogP contribution < -0.4 is 5.32 Å². The van der Waals surface area contributed by atoms with Gasteiger partial charge in [-0.05, 0) is 6.07 Å². The number of carbonyl (C=O) groups excluding carboxylic acids is 1. The van der Waals surface area contributed by atoms with E-state index in [9.17, 15) is 25.0 Å². The smallest absolute Gasteiger partial charge is 0.315 e. The van der Waals surface area contributed by atoms with Crippen molar-refractivity contribution < 1.29 is 14.6 Å². The Hall–Kier alpha value is -3.30. The molecule has 0 aliphatic carbocycles. The molecule has 1 heterocycles. The maximum atomic E-state index is 12.1. The van der Waals surface area contributed by atoms with Gasteiger partial charge in [0.1, 0.15) is 11.9 Å². The molecule has 0 spiro atoms. The third-order valence-electron chi connectivity index (χ3n) is 2.68. The highest BCUT2D eigenvalue weighted by Gasteiger charge is 2.27. The van der Waals surface area contributed by atoms with Crippen LogP contribution in [0, 0.1) is 20.2 Å². The van der Waals surface area contributed by atoms with Crippen molar-refractivity contribution in [3.63, 3.8) is 0 Å². The van der Waals surface area contributed by atoms with E-state index in [1.54, 1.807) is 0 Å². The van der Waals surface area contributed by atoms with Crippen LogP contribution in [-0.4, -0.2) is 25.5 Å². The number of amides is 1. The van der Waals surface area contributed by atoms with Crippen molar-refractivity contribution in [2.75, 3.05) is 5.32 Å². The van der Waals surface area contributed by atoms with Gasteiger partial charge < -0.3 is 5.32 Å². The number of nitro groups is 2. The van der Waals surface area contributed by atoms with E-state index < -0.39 is 21.4 Å². The number of nitrogens with zero attached hydrogens (tertiary/aromatic N) is 4. The number of aryl methyl sites for hydroxylation is 1. The van der Waals surface area contributed by atoms with Crippen LogP contribution in [0.2, 0.25) is 0 Å². The number of benzene rings is 1. The third-order valence-corrected chi connectivity index (χ3v) is 2.68. The monoisotopic (exact) mass is 291 g/mol. The number of carbonyl (C=O) groups is 1. The Balaban J connectivity index is 2.38. The first kappa shape index (κ1) is 14.1. The number of anilines is 1. The SMILES string of the molecule is Cn1ncc([N+](=O)[O-])c1C(=O)Nc1ccccc1[N+](=O)[O-]. The molecule has 0 atom stereocenters. The fourth-order valence-corrected chi connectivity index (χ4v) is 1.74. The molecule has 0 aliphatic heterocycles. The molecule has 1 N–H and O–H groups in total. The molecule has 0 radical (unpaired) electrons. The van der Waals surface area contributed by atoms with Gasteiger partial charge >= 0.3 is 5.69 Å². The van der Waals surface area contributed by atoms with Crippen LogP contribution in [0.1, 0.15) is 10.5 Å². The Morgan fingerprint density at radius 3 is 2.43 bits per heavy atom. The van der Waals surface area contributed by atoms with Gasteiger partial charge in [0.25, 0.3) is 11.6 Å². The Morgan fingerprint density at radius 2 is 1.81 bits per heavy atom. The predicted octanol–water partition coefficient (Wildman–Crippen LogP) is 1.49. The van der Waals surface area contributed by atoms with Crippen molar-refractivity contribution >= 4 is 23.0 Å². The lowest BCUT2D eigenvalue weighted by Gasteiger charge is -2.05. The second kappa shape index (κ2) is 5.36. The van der Waals surface area contributed by atoms with Gasteiger partial charge in [-0.3, -0.25) is 29.7 Å². The van der Waals surface area contributed by atoms with Crippen LogP contribution in [0.3, 0.4) is 0 Å². The molecule has 0 saturated carbocycles. The molecule has 10 heteroatoms. The van der Waals surface area contributed by atoms with E-state index in [1.165, 1.54) is 31.3 Å². The van der Waals surface area contributed by atoms with Crippen LogP contribution in [-0.2, 0) is 7.05 Å². The maximum Gasteiger partial charge on any atom is 0.320 e. The molecule has 2 aromatic rings. The zero-order chi connectivity index (χ0) is 15.6. The van der Waals surface area contributed by atoms with E-state index in [0.717, 1.165) is 10.9 Å². The molecule has 0 aliphatic rings. The van der Waals surface area contributed by atoms with E-state index in [4.69, 9.17) is 0 Å². The molecule has 1 aromatic carbocycles. The predicted molar refractivity (Wildman–Crippen MR) is 70.9 cm³/mol. The molecule has 0 saturated heterocycles. The summed E-state index contributed by atoms with van der Waals surface area (Å²) in [5.74, 6) is -0.851. The van der Waals surface area contributed by atoms with Gasteiger partial charge in [-0.1, -0.05) is 12.1 Å². The molecule has 108 valence electrons. The van der Waals surface area contributed by atoms with Crippen molar-refractivity contribution in [3.8, 4) is 0 Å². The lowest BCUT2D eigenvalue weighted by atomic mass is 10.2. The van der Waals surface area contributed by atoms with Crippen molar-refractivity contribution in [3.05, 3.63) is 56.4 Å². The molecule has 10 nitrogen and oxygen atoms in total. The Kier molecular flexibility index (Phi) is 3.61. The highest BCUT2D eigenvalue weighted by Crippen LogP contribution is 2.25. The molecular formula is C11H9N5O5. The minimum atomic E-state index is -0.851. The zero-order valence-electron chi connectivity index (χ0n) is 10.7. The fourth-order valence-electron chi connectivity index (χ4n) is 1.74. The molecule has 21 heavy (non-hydrogen) atoms. The molecule has 2 rings (SSSR count). The minimum Gasteiger partial charge on any atom is -0.315 e. The Bertz CT molecular complexity index is 738. The van der Waals surface area contributed by atoms with Crippen LogP contribution in [0.5, 0.6) is 0 Å². The summed E-state index contributed by atoms with van der Waals surface area (Å²) in [6, 6.07) is 5.49. The highest BCUT2D eigenvalue weighted by atomic mass is 16.6. The second-order valence-electron chi connectivity index (χ2n) is 3.99. The highest BCUT2D eigenvalue weighted by molar-refractivity contribution is 6.06. The Morgan fingerprint density at radius 1 is 1.19 bits per heavy atom. The van der Waals surface area contributed by atoms with E-state index in [-0.39, 0.29) is 17.1 Å². The maximum absolute atomic E-state index is 12.1. The van der Waals surface area contributed by atoms with Gasteiger partial charge in [-0.15, -0.1) is 0 Å². The average Bonchev–Trinajstić information content (AvgIpc) is 2.81. The summed E-state index contributed by atoms with van der Waals surface area (Å²) in [6.07, 6.45) is 0.939. The first-order valence-electron chi connectivity index (χ1n) is 5.63. The van der Waals surface area contributed by atoms with Crippen molar-refractivity contribution in [1.82, 2.24) is 9.78 Å². The number of hydrogen-bond donors (Lipinski definition) is 1. The van der Waals surface area contributed by atoms with E-state index in [1.807, 2.05) is 0 Å². The number of aromatic nitrogens is 2. The van der Waals surface area contributed by atoms with Crippen molar-refractivity contribution in [2.45, 2.75) is 0 Å². The molecule has 1 aromatic heterocycles. The first-order valence-corrected chi connectivity index (χ1v) is 5.63. The third kappa shape index (κ3) is 2.68. The molecular weight excluding hydrogens is 282 g/mol.